The summed E-state index contributed by atoms with van der Waals surface area (Å²) in [5.41, 5.74) is 1.98. The highest BCUT2D eigenvalue weighted by Crippen LogP contribution is 2.15. The maximum atomic E-state index is 12.0. The summed E-state index contributed by atoms with van der Waals surface area (Å²) in [4.78, 5) is 11.7. The first-order valence-electron chi connectivity index (χ1n) is 7.15. The zero-order valence-corrected chi connectivity index (χ0v) is 12.6. The lowest BCUT2D eigenvalue weighted by molar-refractivity contribution is -0.0498. The SMILES string of the molecule is N#Cc1ccc(NC(=O)NCCc2ccc(OC(F)F)cc2)cc1. The van der Waals surface area contributed by atoms with Crippen molar-refractivity contribution in [3.63, 3.8) is 0 Å². The van der Waals surface area contributed by atoms with Gasteiger partial charge in [0.25, 0.3) is 0 Å². The molecule has 0 fully saturated rings. The minimum atomic E-state index is -2.84. The largest absolute Gasteiger partial charge is 0.435 e. The van der Waals surface area contributed by atoms with E-state index in [1.165, 1.54) is 12.1 Å². The molecule has 0 heterocycles. The normalized spacial score (nSPS) is 10.1. The lowest BCUT2D eigenvalue weighted by Crippen LogP contribution is -2.30. The molecule has 24 heavy (non-hydrogen) atoms. The molecule has 0 atom stereocenters. The van der Waals surface area contributed by atoms with Crippen LogP contribution in [0.15, 0.2) is 48.5 Å². The van der Waals surface area contributed by atoms with Gasteiger partial charge in [-0.05, 0) is 48.4 Å². The highest BCUT2D eigenvalue weighted by Gasteiger charge is 2.04. The number of halogens is 2. The fourth-order valence-corrected chi connectivity index (χ4v) is 1.96. The molecule has 0 spiro atoms. The van der Waals surface area contributed by atoms with Gasteiger partial charge in [0.05, 0.1) is 11.6 Å². The Kier molecular flexibility index (Phi) is 6.08. The molecule has 0 unspecified atom stereocenters. The average molecular weight is 331 g/mol. The molecule has 0 aliphatic carbocycles. The van der Waals surface area contributed by atoms with Gasteiger partial charge in [-0.25, -0.2) is 4.79 Å². The van der Waals surface area contributed by atoms with Crippen molar-refractivity contribution in [2.45, 2.75) is 13.0 Å². The third kappa shape index (κ3) is 5.57. The molecular weight excluding hydrogens is 316 g/mol. The van der Waals surface area contributed by atoms with Gasteiger partial charge in [0, 0.05) is 12.2 Å². The number of nitriles is 1. The monoisotopic (exact) mass is 331 g/mol. The number of rotatable bonds is 6. The number of ether oxygens (including phenoxy) is 1. The number of hydrogen-bond donors (Lipinski definition) is 2. The van der Waals surface area contributed by atoms with Gasteiger partial charge in [-0.2, -0.15) is 14.0 Å². The minimum absolute atomic E-state index is 0.0975. The number of carbonyl (C=O) groups excluding carboxylic acids is 1. The lowest BCUT2D eigenvalue weighted by Gasteiger charge is -2.08. The third-order valence-corrected chi connectivity index (χ3v) is 3.12. The van der Waals surface area contributed by atoms with Crippen molar-refractivity contribution in [3.8, 4) is 11.8 Å². The third-order valence-electron chi connectivity index (χ3n) is 3.12. The molecule has 0 aliphatic rings. The molecule has 0 aliphatic heterocycles. The fourth-order valence-electron chi connectivity index (χ4n) is 1.96. The molecule has 0 bridgehead atoms. The van der Waals surface area contributed by atoms with Gasteiger partial charge in [0.15, 0.2) is 0 Å². The molecule has 0 saturated carbocycles. The molecule has 2 amide bonds. The second-order valence-corrected chi connectivity index (χ2v) is 4.84. The summed E-state index contributed by atoms with van der Waals surface area (Å²) in [5.74, 6) is 0.0975. The molecule has 7 heteroatoms. The van der Waals surface area contributed by atoms with Crippen molar-refractivity contribution in [3.05, 3.63) is 59.7 Å². The van der Waals surface area contributed by atoms with Crippen LogP contribution in [-0.2, 0) is 6.42 Å². The quantitative estimate of drug-likeness (QED) is 0.850. The van der Waals surface area contributed by atoms with Crippen LogP contribution in [0.25, 0.3) is 0 Å². The minimum Gasteiger partial charge on any atom is -0.435 e. The second kappa shape index (κ2) is 8.48. The number of urea groups is 1. The van der Waals surface area contributed by atoms with E-state index in [1.54, 1.807) is 36.4 Å². The summed E-state index contributed by atoms with van der Waals surface area (Å²) in [7, 11) is 0. The van der Waals surface area contributed by atoms with Crippen LogP contribution in [0.2, 0.25) is 0 Å². The Morgan fingerprint density at radius 3 is 2.38 bits per heavy atom. The van der Waals surface area contributed by atoms with Crippen molar-refractivity contribution < 1.29 is 18.3 Å². The van der Waals surface area contributed by atoms with E-state index in [4.69, 9.17) is 5.26 Å². The Morgan fingerprint density at radius 1 is 1.12 bits per heavy atom. The Balaban J connectivity index is 1.74. The number of hydrogen-bond acceptors (Lipinski definition) is 3. The summed E-state index contributed by atoms with van der Waals surface area (Å²) in [6.45, 7) is -2.46. The van der Waals surface area contributed by atoms with E-state index in [1.807, 2.05) is 6.07 Å². The summed E-state index contributed by atoms with van der Waals surface area (Å²) in [6.07, 6.45) is 0.551. The van der Waals surface area contributed by atoms with Gasteiger partial charge < -0.3 is 15.4 Å². The number of alkyl halides is 2. The lowest BCUT2D eigenvalue weighted by atomic mass is 10.1. The molecule has 5 nitrogen and oxygen atoms in total. The van der Waals surface area contributed by atoms with E-state index < -0.39 is 6.61 Å². The highest BCUT2D eigenvalue weighted by molar-refractivity contribution is 5.89. The van der Waals surface area contributed by atoms with Gasteiger partial charge in [-0.15, -0.1) is 0 Å². The van der Waals surface area contributed by atoms with Gasteiger partial charge in [0.1, 0.15) is 5.75 Å². The smallest absolute Gasteiger partial charge is 0.387 e. The van der Waals surface area contributed by atoms with E-state index >= 15 is 0 Å². The van der Waals surface area contributed by atoms with E-state index in [0.717, 1.165) is 5.56 Å². The molecule has 2 aromatic rings. The molecule has 0 aromatic heterocycles. The van der Waals surface area contributed by atoms with E-state index in [9.17, 15) is 13.6 Å². The van der Waals surface area contributed by atoms with Crippen molar-refractivity contribution in [2.24, 2.45) is 0 Å². The first kappa shape index (κ1) is 17.2. The zero-order valence-electron chi connectivity index (χ0n) is 12.6. The van der Waals surface area contributed by atoms with E-state index in [-0.39, 0.29) is 11.8 Å². The number of carbonyl (C=O) groups is 1. The van der Waals surface area contributed by atoms with E-state index in [2.05, 4.69) is 15.4 Å². The molecule has 124 valence electrons. The number of anilines is 1. The van der Waals surface area contributed by atoms with Crippen LogP contribution in [0.1, 0.15) is 11.1 Å². The number of amides is 2. The Labute approximate surface area is 137 Å². The van der Waals surface area contributed by atoms with Crippen LogP contribution in [-0.4, -0.2) is 19.2 Å². The molecule has 0 radical (unpaired) electrons. The Bertz CT molecular complexity index is 710. The predicted molar refractivity (Wildman–Crippen MR) is 85.0 cm³/mol. The van der Waals surface area contributed by atoms with Gasteiger partial charge in [-0.3, -0.25) is 0 Å². The van der Waals surface area contributed by atoms with E-state index in [0.29, 0.717) is 24.2 Å². The number of nitrogens with zero attached hydrogens (tertiary/aromatic N) is 1. The standard InChI is InChI=1S/C17H15F2N3O2/c18-16(19)24-15-7-3-12(4-8-15)9-10-21-17(23)22-14-5-1-13(11-20)2-6-14/h1-8,16H,9-10H2,(H2,21,22,23). The van der Waals surface area contributed by atoms with Crippen LogP contribution >= 0.6 is 0 Å². The summed E-state index contributed by atoms with van der Waals surface area (Å²) >= 11 is 0. The molecule has 2 N–H and O–H groups in total. The summed E-state index contributed by atoms with van der Waals surface area (Å²) in [5, 5.41) is 14.0. The van der Waals surface area contributed by atoms with Gasteiger partial charge in [0.2, 0.25) is 0 Å². The molecule has 2 aromatic carbocycles. The van der Waals surface area contributed by atoms with Crippen molar-refractivity contribution in [1.82, 2.24) is 5.32 Å². The average Bonchev–Trinajstić information content (AvgIpc) is 2.57. The van der Waals surface area contributed by atoms with Crippen molar-refractivity contribution in [1.29, 1.82) is 5.26 Å². The first-order valence-corrected chi connectivity index (χ1v) is 7.15. The number of nitrogens with one attached hydrogen (secondary N) is 2. The molecular formula is C17H15F2N3O2. The predicted octanol–water partition coefficient (Wildman–Crippen LogP) is 3.52. The van der Waals surface area contributed by atoms with Gasteiger partial charge in [-0.1, -0.05) is 12.1 Å². The van der Waals surface area contributed by atoms with Crippen LogP contribution in [0.5, 0.6) is 5.75 Å². The van der Waals surface area contributed by atoms with Crippen LogP contribution < -0.4 is 15.4 Å². The van der Waals surface area contributed by atoms with Crippen molar-refractivity contribution >= 4 is 11.7 Å². The zero-order chi connectivity index (χ0) is 17.4. The fraction of sp³-hybridized carbons (Fsp3) is 0.176. The number of benzene rings is 2. The second-order valence-electron chi connectivity index (χ2n) is 4.84. The van der Waals surface area contributed by atoms with Crippen LogP contribution in [0.4, 0.5) is 19.3 Å². The van der Waals surface area contributed by atoms with Crippen molar-refractivity contribution in [2.75, 3.05) is 11.9 Å². The molecule has 0 saturated heterocycles. The van der Waals surface area contributed by atoms with Crippen LogP contribution in [0.3, 0.4) is 0 Å². The maximum absolute atomic E-state index is 12.0. The summed E-state index contributed by atoms with van der Waals surface area (Å²) < 4.78 is 28.3. The maximum Gasteiger partial charge on any atom is 0.387 e. The molecule has 2 rings (SSSR count). The Morgan fingerprint density at radius 2 is 1.79 bits per heavy atom. The van der Waals surface area contributed by atoms with Crippen LogP contribution in [0, 0.1) is 11.3 Å². The Hall–Kier alpha value is -3.14. The topological polar surface area (TPSA) is 74.2 Å². The first-order chi connectivity index (χ1) is 11.6. The van der Waals surface area contributed by atoms with Gasteiger partial charge >= 0.3 is 12.6 Å². The highest BCUT2D eigenvalue weighted by atomic mass is 19.3. The summed E-state index contributed by atoms with van der Waals surface area (Å²) in [6, 6.07) is 14.4.